The zero-order chi connectivity index (χ0) is 37.4. The van der Waals surface area contributed by atoms with Crippen molar-refractivity contribution in [1.82, 2.24) is 0 Å². The van der Waals surface area contributed by atoms with Crippen molar-refractivity contribution in [2.75, 3.05) is 14.2 Å². The fourth-order valence-electron chi connectivity index (χ4n) is 4.76. The van der Waals surface area contributed by atoms with Gasteiger partial charge in [0.2, 0.25) is 0 Å². The van der Waals surface area contributed by atoms with Crippen molar-refractivity contribution in [3.8, 4) is 23.0 Å². The Morgan fingerprint density at radius 1 is 0.500 bits per heavy atom. The average molecular weight is 715 g/mol. The highest BCUT2D eigenvalue weighted by atomic mass is 19.2. The van der Waals surface area contributed by atoms with E-state index in [4.69, 9.17) is 9.47 Å². The monoisotopic (exact) mass is 714 g/mol. The van der Waals surface area contributed by atoms with Gasteiger partial charge in [-0.3, -0.25) is 0 Å². The summed E-state index contributed by atoms with van der Waals surface area (Å²) in [4.78, 5) is 9.13. The van der Waals surface area contributed by atoms with E-state index in [1.807, 2.05) is 0 Å². The van der Waals surface area contributed by atoms with Crippen LogP contribution in [0, 0.1) is 34.9 Å². The normalized spacial score (nSPS) is 12.1. The van der Waals surface area contributed by atoms with Crippen LogP contribution in [0.1, 0.15) is 16.7 Å². The number of aromatic hydroxyl groups is 2. The van der Waals surface area contributed by atoms with E-state index in [2.05, 4.69) is 9.98 Å². The molecule has 0 aliphatic carbocycles. The Kier molecular flexibility index (Phi) is 11.6. The zero-order valence-corrected chi connectivity index (χ0v) is 27.4. The van der Waals surface area contributed by atoms with E-state index in [-0.39, 0.29) is 56.9 Å². The molecular weight excluding hydrogens is 686 g/mol. The van der Waals surface area contributed by atoms with Crippen LogP contribution in [0.15, 0.2) is 119 Å². The first-order valence-electron chi connectivity index (χ1n) is 15.3. The van der Waals surface area contributed by atoms with Gasteiger partial charge in [-0.05, 0) is 95.6 Å². The van der Waals surface area contributed by atoms with Crippen LogP contribution in [0.2, 0.25) is 0 Å². The van der Waals surface area contributed by atoms with Crippen LogP contribution < -0.4 is 9.47 Å². The van der Waals surface area contributed by atoms with E-state index in [0.29, 0.717) is 11.1 Å². The summed E-state index contributed by atoms with van der Waals surface area (Å²) in [7, 11) is 2.72. The topological polar surface area (TPSA) is 83.6 Å². The highest BCUT2D eigenvalue weighted by molar-refractivity contribution is 6.35. The van der Waals surface area contributed by atoms with Crippen LogP contribution in [0.5, 0.6) is 23.0 Å². The SMILES string of the molecule is COc1cc(/C=C/C(=Nc2ccc(F)c(F)c2)C(=Cc2ccc(F)c(F)c2)C(/C=C/c2ccc(O)c(OC)c2)=Nc2ccc(F)c(F)c2)ccc1O. The molecule has 0 bridgehead atoms. The number of hydrogen-bond donors (Lipinski definition) is 2. The van der Waals surface area contributed by atoms with E-state index in [9.17, 15) is 36.6 Å². The Morgan fingerprint density at radius 3 is 1.31 bits per heavy atom. The molecule has 0 aliphatic rings. The van der Waals surface area contributed by atoms with Gasteiger partial charge in [-0.15, -0.1) is 0 Å². The first-order valence-corrected chi connectivity index (χ1v) is 15.3. The molecular formula is C40H28F6N2O4. The third kappa shape index (κ3) is 9.16. The molecule has 0 amide bonds. The number of benzene rings is 5. The number of allylic oxidation sites excluding steroid dienone is 3. The molecule has 5 aromatic carbocycles. The molecule has 0 saturated heterocycles. The van der Waals surface area contributed by atoms with E-state index in [0.717, 1.165) is 36.4 Å². The number of halogens is 6. The number of hydrogen-bond acceptors (Lipinski definition) is 6. The van der Waals surface area contributed by atoms with Crippen molar-refractivity contribution < 1.29 is 46.0 Å². The lowest BCUT2D eigenvalue weighted by Gasteiger charge is -2.12. The molecule has 12 heteroatoms. The summed E-state index contributed by atoms with van der Waals surface area (Å²) in [6, 6.07) is 17.8. The number of methoxy groups -OCH3 is 2. The van der Waals surface area contributed by atoms with E-state index in [1.54, 1.807) is 24.3 Å². The summed E-state index contributed by atoms with van der Waals surface area (Å²) in [6.07, 6.45) is 7.38. The molecule has 0 radical (unpaired) electrons. The Bertz CT molecular complexity index is 2150. The molecule has 0 saturated carbocycles. The van der Waals surface area contributed by atoms with Crippen molar-refractivity contribution >= 4 is 41.0 Å². The number of aliphatic imine (C=N–C) groups is 2. The van der Waals surface area contributed by atoms with Crippen LogP contribution in [0.4, 0.5) is 37.7 Å². The third-order valence-electron chi connectivity index (χ3n) is 7.39. The van der Waals surface area contributed by atoms with Crippen molar-refractivity contribution in [3.05, 3.63) is 160 Å². The Labute approximate surface area is 294 Å². The molecule has 0 atom stereocenters. The standard InChI is InChI=1S/C40H28F6N2O4/c1-51-39-19-23(6-15-37(39)49)4-13-35(47-26-8-11-30(42)33(45)21-26)28(17-25-3-10-29(41)32(44)18-25)36(48-27-9-12-31(43)34(46)22-27)14-5-24-7-16-38(50)40(20-24)52-2/h3-22,49-50H,1-2H3/b13-4+,14-5+,28-17?,47-35?,48-36?. The summed E-state index contributed by atoms with van der Waals surface area (Å²) in [5, 5.41) is 20.2. The minimum atomic E-state index is -1.20. The van der Waals surface area contributed by atoms with Crippen LogP contribution in [0.25, 0.3) is 18.2 Å². The molecule has 0 spiro atoms. The molecule has 6 nitrogen and oxygen atoms in total. The lowest BCUT2D eigenvalue weighted by atomic mass is 9.98. The second kappa shape index (κ2) is 16.4. The van der Waals surface area contributed by atoms with Gasteiger partial charge in [0.05, 0.1) is 37.0 Å². The molecule has 0 heterocycles. The highest BCUT2D eigenvalue weighted by Gasteiger charge is 2.16. The fourth-order valence-corrected chi connectivity index (χ4v) is 4.76. The molecule has 0 aliphatic heterocycles. The van der Waals surface area contributed by atoms with Gasteiger partial charge >= 0.3 is 0 Å². The van der Waals surface area contributed by atoms with E-state index >= 15 is 0 Å². The van der Waals surface area contributed by atoms with Gasteiger partial charge in [0.25, 0.3) is 0 Å². The number of phenols is 2. The van der Waals surface area contributed by atoms with E-state index in [1.165, 1.54) is 74.9 Å². The maximum absolute atomic E-state index is 14.5. The Hall–Kier alpha value is -6.56. The molecule has 0 fully saturated rings. The van der Waals surface area contributed by atoms with Gasteiger partial charge in [0.1, 0.15) is 0 Å². The molecule has 5 aromatic rings. The zero-order valence-electron chi connectivity index (χ0n) is 27.4. The predicted molar refractivity (Wildman–Crippen MR) is 189 cm³/mol. The number of ether oxygens (including phenoxy) is 2. The molecule has 0 aromatic heterocycles. The third-order valence-corrected chi connectivity index (χ3v) is 7.39. The van der Waals surface area contributed by atoms with Crippen LogP contribution in [-0.2, 0) is 0 Å². The van der Waals surface area contributed by atoms with Gasteiger partial charge < -0.3 is 19.7 Å². The fraction of sp³-hybridized carbons (Fsp3) is 0.0500. The molecule has 52 heavy (non-hydrogen) atoms. The predicted octanol–water partition coefficient (Wildman–Crippen LogP) is 10.3. The summed E-state index contributed by atoms with van der Waals surface area (Å²) in [6.45, 7) is 0. The van der Waals surface area contributed by atoms with Gasteiger partial charge in [-0.2, -0.15) is 0 Å². The van der Waals surface area contributed by atoms with Crippen molar-refractivity contribution in [2.24, 2.45) is 9.98 Å². The molecule has 264 valence electrons. The molecule has 0 unspecified atom stereocenters. The number of phenolic OH excluding ortho intramolecular Hbond substituents is 2. The minimum absolute atomic E-state index is 0.00273. The van der Waals surface area contributed by atoms with Gasteiger partial charge in [-0.25, -0.2) is 36.3 Å². The Balaban J connectivity index is 1.81. The smallest absolute Gasteiger partial charge is 0.161 e. The number of nitrogens with zero attached hydrogens (tertiary/aromatic N) is 2. The van der Waals surface area contributed by atoms with Gasteiger partial charge in [0.15, 0.2) is 57.9 Å². The maximum atomic E-state index is 14.5. The van der Waals surface area contributed by atoms with Crippen molar-refractivity contribution in [3.63, 3.8) is 0 Å². The van der Waals surface area contributed by atoms with Gasteiger partial charge in [0, 0.05) is 17.7 Å². The Morgan fingerprint density at radius 2 is 0.904 bits per heavy atom. The lowest BCUT2D eigenvalue weighted by molar-refractivity contribution is 0.373. The summed E-state index contributed by atoms with van der Waals surface area (Å²) in [5.41, 5.74) is 1.04. The average Bonchev–Trinajstić information content (AvgIpc) is 3.13. The summed E-state index contributed by atoms with van der Waals surface area (Å²) >= 11 is 0. The van der Waals surface area contributed by atoms with Crippen LogP contribution in [0.3, 0.4) is 0 Å². The first-order chi connectivity index (χ1) is 24.9. The highest BCUT2D eigenvalue weighted by Crippen LogP contribution is 2.30. The molecule has 5 rings (SSSR count). The molecule has 2 N–H and O–H groups in total. The van der Waals surface area contributed by atoms with Crippen molar-refractivity contribution in [2.45, 2.75) is 0 Å². The summed E-state index contributed by atoms with van der Waals surface area (Å²) < 4.78 is 95.7. The number of rotatable bonds is 11. The lowest BCUT2D eigenvalue weighted by Crippen LogP contribution is -2.10. The second-order valence-electron chi connectivity index (χ2n) is 11.0. The minimum Gasteiger partial charge on any atom is -0.504 e. The maximum Gasteiger partial charge on any atom is 0.161 e. The first kappa shape index (κ1) is 36.7. The van der Waals surface area contributed by atoms with Crippen LogP contribution in [-0.4, -0.2) is 35.9 Å². The summed E-state index contributed by atoms with van der Waals surface area (Å²) in [5.74, 6) is -6.92. The quantitative estimate of drug-likeness (QED) is 0.105. The largest absolute Gasteiger partial charge is 0.504 e. The van der Waals surface area contributed by atoms with Crippen molar-refractivity contribution in [1.29, 1.82) is 0 Å². The van der Waals surface area contributed by atoms with E-state index < -0.39 is 34.9 Å². The second-order valence-corrected chi connectivity index (χ2v) is 11.0. The van der Waals surface area contributed by atoms with Crippen LogP contribution >= 0.6 is 0 Å². The van der Waals surface area contributed by atoms with Gasteiger partial charge in [-0.1, -0.05) is 30.4 Å².